The fraction of sp³-hybridized carbons (Fsp3) is 0. The third-order valence-electron chi connectivity index (χ3n) is 9.43. The van der Waals surface area contributed by atoms with E-state index in [9.17, 15) is 0 Å². The molecule has 220 valence electrons. The topological polar surface area (TPSA) is 3.24 Å². The molecule has 2 heterocycles. The Balaban J connectivity index is 1.20. The number of thiophene rings is 2. The molecule has 0 bridgehead atoms. The van der Waals surface area contributed by atoms with E-state index in [4.69, 9.17) is 0 Å². The second kappa shape index (κ2) is 10.5. The molecular weight excluding hydrogens is 607 g/mol. The van der Waals surface area contributed by atoms with Gasteiger partial charge in [-0.1, -0.05) is 115 Å². The van der Waals surface area contributed by atoms with E-state index in [-0.39, 0.29) is 0 Å². The number of hydrogen-bond acceptors (Lipinski definition) is 3. The van der Waals surface area contributed by atoms with E-state index in [0.29, 0.717) is 0 Å². The molecule has 47 heavy (non-hydrogen) atoms. The van der Waals surface area contributed by atoms with E-state index in [1.165, 1.54) is 78.7 Å². The predicted octanol–water partition coefficient (Wildman–Crippen LogP) is 13.9. The van der Waals surface area contributed by atoms with E-state index >= 15 is 0 Å². The van der Waals surface area contributed by atoms with Crippen LogP contribution in [0.25, 0.3) is 73.0 Å². The predicted molar refractivity (Wildman–Crippen MR) is 207 cm³/mol. The molecule has 0 N–H and O–H groups in total. The summed E-state index contributed by atoms with van der Waals surface area (Å²) in [6.45, 7) is 0. The Bertz CT molecular complexity index is 2790. The third-order valence-corrected chi connectivity index (χ3v) is 11.8. The van der Waals surface area contributed by atoms with Gasteiger partial charge in [0.25, 0.3) is 0 Å². The van der Waals surface area contributed by atoms with Gasteiger partial charge in [-0.25, -0.2) is 0 Å². The first-order chi connectivity index (χ1) is 23.3. The fourth-order valence-corrected chi connectivity index (χ4v) is 9.80. The number of benzene rings is 8. The summed E-state index contributed by atoms with van der Waals surface area (Å²) in [5.41, 5.74) is 5.93. The zero-order valence-corrected chi connectivity index (χ0v) is 27.0. The van der Waals surface area contributed by atoms with Gasteiger partial charge in [-0.3, -0.25) is 0 Å². The summed E-state index contributed by atoms with van der Waals surface area (Å²) in [5.74, 6) is 0. The molecule has 2 aromatic heterocycles. The molecule has 10 rings (SSSR count). The highest BCUT2D eigenvalue weighted by Gasteiger charge is 2.21. The van der Waals surface area contributed by atoms with Crippen molar-refractivity contribution in [3.05, 3.63) is 164 Å². The zero-order chi connectivity index (χ0) is 30.9. The van der Waals surface area contributed by atoms with Gasteiger partial charge in [0.05, 0.1) is 5.69 Å². The first-order valence-corrected chi connectivity index (χ1v) is 17.6. The number of anilines is 3. The van der Waals surface area contributed by atoms with Crippen LogP contribution in [0.15, 0.2) is 164 Å². The number of hydrogen-bond donors (Lipinski definition) is 0. The standard InChI is InChI=1S/C44H27NS2/c1-2-12-33(13-3-1)45(34-22-19-29(20-23-34)32-18-17-28-9-4-5-11-31(28)27-32)38-15-8-16-39-41(38)42-40(46-39)26-25-37-36-24-21-30-10-6-7-14-35(30)43(36)47-44(37)42/h1-27H. The molecule has 0 spiro atoms. The molecule has 0 aliphatic carbocycles. The lowest BCUT2D eigenvalue weighted by atomic mass is 10.0. The van der Waals surface area contributed by atoms with Crippen LogP contribution in [0, 0.1) is 0 Å². The average Bonchev–Trinajstić information content (AvgIpc) is 3.71. The Morgan fingerprint density at radius 2 is 1.02 bits per heavy atom. The molecule has 0 saturated carbocycles. The Hall–Kier alpha value is -5.48. The van der Waals surface area contributed by atoms with Gasteiger partial charge in [-0.15, -0.1) is 22.7 Å². The van der Waals surface area contributed by atoms with Crippen LogP contribution in [0.5, 0.6) is 0 Å². The Kier molecular flexibility index (Phi) is 5.98. The van der Waals surface area contributed by atoms with Crippen LogP contribution in [0.2, 0.25) is 0 Å². The lowest BCUT2D eigenvalue weighted by Gasteiger charge is -2.26. The molecule has 0 radical (unpaired) electrons. The molecule has 0 fully saturated rings. The first kappa shape index (κ1) is 26.7. The van der Waals surface area contributed by atoms with E-state index in [2.05, 4.69) is 169 Å². The highest BCUT2D eigenvalue weighted by atomic mass is 32.1. The van der Waals surface area contributed by atoms with Gasteiger partial charge in [0.2, 0.25) is 0 Å². The lowest BCUT2D eigenvalue weighted by molar-refractivity contribution is 1.30. The minimum atomic E-state index is 1.14. The molecule has 10 aromatic rings. The van der Waals surface area contributed by atoms with Crippen LogP contribution in [0.1, 0.15) is 0 Å². The molecule has 3 heteroatoms. The summed E-state index contributed by atoms with van der Waals surface area (Å²) < 4.78 is 5.37. The second-order valence-corrected chi connectivity index (χ2v) is 14.2. The number of para-hydroxylation sites is 1. The fourth-order valence-electron chi connectivity index (χ4n) is 7.21. The Labute approximate surface area is 280 Å². The van der Waals surface area contributed by atoms with Crippen LogP contribution in [-0.2, 0) is 0 Å². The SMILES string of the molecule is c1ccc(N(c2ccc(-c3ccc4ccccc4c3)cc2)c2cccc3sc4ccc5c6ccc7ccccc7c6sc5c4c23)cc1. The second-order valence-electron chi connectivity index (χ2n) is 12.1. The minimum Gasteiger partial charge on any atom is -0.310 e. The zero-order valence-electron chi connectivity index (χ0n) is 25.4. The quantitative estimate of drug-likeness (QED) is 0.186. The summed E-state index contributed by atoms with van der Waals surface area (Å²) in [5, 5.41) is 10.5. The van der Waals surface area contributed by atoms with Crippen LogP contribution in [-0.4, -0.2) is 0 Å². The van der Waals surface area contributed by atoms with Crippen molar-refractivity contribution in [2.75, 3.05) is 4.90 Å². The van der Waals surface area contributed by atoms with E-state index < -0.39 is 0 Å². The van der Waals surface area contributed by atoms with Crippen molar-refractivity contribution < 1.29 is 0 Å². The van der Waals surface area contributed by atoms with Crippen molar-refractivity contribution in [1.29, 1.82) is 0 Å². The number of rotatable bonds is 4. The molecule has 0 atom stereocenters. The minimum absolute atomic E-state index is 1.14. The highest BCUT2D eigenvalue weighted by Crippen LogP contribution is 2.50. The Morgan fingerprint density at radius 3 is 1.89 bits per heavy atom. The van der Waals surface area contributed by atoms with Gasteiger partial charge in [0.1, 0.15) is 0 Å². The summed E-state index contributed by atoms with van der Waals surface area (Å²) in [6.07, 6.45) is 0. The number of nitrogens with zero attached hydrogens (tertiary/aromatic N) is 1. The van der Waals surface area contributed by atoms with Gasteiger partial charge in [0.15, 0.2) is 0 Å². The maximum atomic E-state index is 2.43. The van der Waals surface area contributed by atoms with Gasteiger partial charge in [-0.05, 0) is 81.2 Å². The van der Waals surface area contributed by atoms with Crippen molar-refractivity contribution in [1.82, 2.24) is 0 Å². The first-order valence-electron chi connectivity index (χ1n) is 15.9. The molecule has 0 saturated heterocycles. The monoisotopic (exact) mass is 633 g/mol. The molecule has 1 nitrogen and oxygen atoms in total. The van der Waals surface area contributed by atoms with Crippen molar-refractivity contribution >= 4 is 102 Å². The summed E-state index contributed by atoms with van der Waals surface area (Å²) in [7, 11) is 0. The van der Waals surface area contributed by atoms with Crippen molar-refractivity contribution in [2.24, 2.45) is 0 Å². The molecule has 0 unspecified atom stereocenters. The normalized spacial score (nSPS) is 11.8. The third kappa shape index (κ3) is 4.21. The van der Waals surface area contributed by atoms with E-state index in [1.54, 1.807) is 0 Å². The van der Waals surface area contributed by atoms with Gasteiger partial charge < -0.3 is 4.90 Å². The molecule has 0 aliphatic rings. The molecule has 0 amide bonds. The summed E-state index contributed by atoms with van der Waals surface area (Å²) in [4.78, 5) is 2.43. The number of fused-ring (bicyclic) bond motifs is 10. The maximum absolute atomic E-state index is 2.43. The van der Waals surface area contributed by atoms with E-state index in [1.807, 2.05) is 22.7 Å². The van der Waals surface area contributed by atoms with Crippen LogP contribution < -0.4 is 4.90 Å². The van der Waals surface area contributed by atoms with Crippen molar-refractivity contribution in [3.8, 4) is 11.1 Å². The molecule has 8 aromatic carbocycles. The summed E-state index contributed by atoms with van der Waals surface area (Å²) in [6, 6.07) is 59.9. The Morgan fingerprint density at radius 1 is 0.362 bits per heavy atom. The highest BCUT2D eigenvalue weighted by molar-refractivity contribution is 7.30. The van der Waals surface area contributed by atoms with Crippen molar-refractivity contribution in [3.63, 3.8) is 0 Å². The largest absolute Gasteiger partial charge is 0.310 e. The van der Waals surface area contributed by atoms with E-state index in [0.717, 1.165) is 11.4 Å². The van der Waals surface area contributed by atoms with Crippen molar-refractivity contribution in [2.45, 2.75) is 0 Å². The van der Waals surface area contributed by atoms with Crippen LogP contribution >= 0.6 is 22.7 Å². The van der Waals surface area contributed by atoms with Crippen LogP contribution in [0.3, 0.4) is 0 Å². The van der Waals surface area contributed by atoms with Gasteiger partial charge >= 0.3 is 0 Å². The maximum Gasteiger partial charge on any atom is 0.0555 e. The van der Waals surface area contributed by atoms with Gasteiger partial charge in [-0.2, -0.15) is 0 Å². The smallest absolute Gasteiger partial charge is 0.0555 e. The lowest BCUT2D eigenvalue weighted by Crippen LogP contribution is -2.10. The van der Waals surface area contributed by atoms with Crippen LogP contribution in [0.4, 0.5) is 17.1 Å². The average molecular weight is 634 g/mol. The molecular formula is C44H27NS2. The molecule has 0 aliphatic heterocycles. The summed E-state index contributed by atoms with van der Waals surface area (Å²) >= 11 is 3.83. The van der Waals surface area contributed by atoms with Gasteiger partial charge in [0, 0.05) is 51.7 Å².